The van der Waals surface area contributed by atoms with E-state index in [-0.39, 0.29) is 43.4 Å². The second-order valence-corrected chi connectivity index (χ2v) is 20.8. The molecule has 1 amide bonds. The number of hydrogen-bond donors (Lipinski definition) is 5. The fraction of sp³-hybridized carbons (Fsp3) is 0.649. The van der Waals surface area contributed by atoms with Gasteiger partial charge in [0, 0.05) is 38.1 Å². The average Bonchev–Trinajstić information content (AvgIpc) is 3.93. The highest BCUT2D eigenvalue weighted by molar-refractivity contribution is 7.70. The number of esters is 1. The monoisotopic (exact) mass is 820 g/mol. The Hall–Kier alpha value is -2.85. The van der Waals surface area contributed by atoms with E-state index in [0.29, 0.717) is 24.0 Å². The number of hydrogen-bond acceptors (Lipinski definition) is 10. The minimum atomic E-state index is -5.35. The van der Waals surface area contributed by atoms with Gasteiger partial charge in [-0.2, -0.15) is 0 Å². The van der Waals surface area contributed by atoms with Gasteiger partial charge in [0.25, 0.3) is 5.91 Å². The van der Waals surface area contributed by atoms with Crippen LogP contribution in [-0.2, 0) is 39.2 Å². The van der Waals surface area contributed by atoms with Crippen LogP contribution in [0, 0.1) is 5.92 Å². The van der Waals surface area contributed by atoms with E-state index >= 15 is 0 Å². The molecule has 0 radical (unpaired) electrons. The fourth-order valence-corrected chi connectivity index (χ4v) is 13.2. The third kappa shape index (κ3) is 8.22. The summed E-state index contributed by atoms with van der Waals surface area (Å²) in [6, 6.07) is 8.54. The lowest BCUT2D eigenvalue weighted by molar-refractivity contribution is -0.924. The summed E-state index contributed by atoms with van der Waals surface area (Å²) in [7, 11) is -10.7. The van der Waals surface area contributed by atoms with E-state index in [1.807, 2.05) is 30.3 Å². The predicted octanol–water partition coefficient (Wildman–Crippen LogP) is 4.25. The highest BCUT2D eigenvalue weighted by Crippen LogP contribution is 2.66. The van der Waals surface area contributed by atoms with Gasteiger partial charge in [-0.05, 0) is 55.8 Å². The smallest absolute Gasteiger partial charge is 0.477 e. The number of fused-ring (bicyclic) bond motifs is 3. The van der Waals surface area contributed by atoms with Crippen LogP contribution in [0.1, 0.15) is 101 Å². The maximum absolute atomic E-state index is 14.8. The SMILES string of the molecule is CC(C)C[C@H](CC(=O)[C@H](Cc1ccccc1)NC(=O)c1cnccn1)[B-]12OCC3(CCCC3)[N+]1(CCOC(=O)CC(P(=O)(O)O)P(=O)(O)O)C1(CCCC1)CO2. The van der Waals surface area contributed by atoms with Crippen molar-refractivity contribution >= 4 is 39.5 Å². The third-order valence-electron chi connectivity index (χ3n) is 13.0. The van der Waals surface area contributed by atoms with Crippen LogP contribution in [0.4, 0.5) is 0 Å². The molecular formula is C37H55BN4O12P2. The number of amides is 1. The quantitative estimate of drug-likeness (QED) is 0.0854. The average molecular weight is 821 g/mol. The molecule has 2 aliphatic carbocycles. The molecule has 308 valence electrons. The first-order chi connectivity index (χ1) is 26.5. The molecule has 4 fully saturated rings. The van der Waals surface area contributed by atoms with E-state index in [1.165, 1.54) is 18.6 Å². The molecule has 5 N–H and O–H groups in total. The summed E-state index contributed by atoms with van der Waals surface area (Å²) in [5, 5.41) is 0.430. The van der Waals surface area contributed by atoms with Gasteiger partial charge in [-0.25, -0.2) is 4.98 Å². The molecule has 2 saturated heterocycles. The number of aromatic nitrogens is 2. The zero-order chi connectivity index (χ0) is 40.4. The van der Waals surface area contributed by atoms with Gasteiger partial charge in [-0.15, -0.1) is 0 Å². The van der Waals surface area contributed by atoms with E-state index < -0.39 is 68.5 Å². The van der Waals surface area contributed by atoms with E-state index in [0.717, 1.165) is 56.9 Å². The molecule has 0 unspecified atom stereocenters. The molecule has 6 rings (SSSR count). The molecule has 56 heavy (non-hydrogen) atoms. The number of benzene rings is 1. The molecule has 0 bridgehead atoms. The van der Waals surface area contributed by atoms with Gasteiger partial charge in [-0.1, -0.05) is 50.6 Å². The Bertz CT molecular complexity index is 1770. The number of rotatable bonds is 17. The summed E-state index contributed by atoms with van der Waals surface area (Å²) in [6.45, 7) is 2.65. The second-order valence-electron chi connectivity index (χ2n) is 16.8. The Morgan fingerprint density at radius 3 is 2.02 bits per heavy atom. The predicted molar refractivity (Wildman–Crippen MR) is 205 cm³/mol. The van der Waals surface area contributed by atoms with Crippen LogP contribution in [-0.4, -0.2) is 107 Å². The number of ether oxygens (including phenoxy) is 1. The van der Waals surface area contributed by atoms with Crippen LogP contribution >= 0.6 is 15.2 Å². The Morgan fingerprint density at radius 2 is 1.50 bits per heavy atom. The van der Waals surface area contributed by atoms with E-state index in [4.69, 9.17) is 14.0 Å². The van der Waals surface area contributed by atoms with Crippen molar-refractivity contribution in [1.29, 1.82) is 0 Å². The Balaban J connectivity index is 1.36. The van der Waals surface area contributed by atoms with Crippen molar-refractivity contribution in [2.24, 2.45) is 5.92 Å². The van der Waals surface area contributed by atoms with Gasteiger partial charge in [0.2, 0.25) is 0 Å². The molecule has 2 atom stereocenters. The fourth-order valence-electron chi connectivity index (χ4n) is 10.9. The highest BCUT2D eigenvalue weighted by atomic mass is 31.2. The minimum absolute atomic E-state index is 0.0363. The van der Waals surface area contributed by atoms with Gasteiger partial charge in [-0.3, -0.25) is 28.5 Å². The van der Waals surface area contributed by atoms with Crippen molar-refractivity contribution in [1.82, 2.24) is 15.3 Å². The van der Waals surface area contributed by atoms with Crippen molar-refractivity contribution < 1.29 is 61.5 Å². The summed E-state index contributed by atoms with van der Waals surface area (Å²) in [5.74, 6) is -2.15. The van der Waals surface area contributed by atoms with Gasteiger partial charge >= 0.3 is 27.8 Å². The molecule has 19 heteroatoms. The molecule has 16 nitrogen and oxygen atoms in total. The molecular weight excluding hydrogens is 765 g/mol. The lowest BCUT2D eigenvalue weighted by Gasteiger charge is -2.65. The van der Waals surface area contributed by atoms with Gasteiger partial charge in [0.15, 0.2) is 11.2 Å². The molecule has 4 aliphatic rings. The number of ketones is 1. The Kier molecular flexibility index (Phi) is 12.8. The largest absolute Gasteiger partial charge is 0.509 e. The summed E-state index contributed by atoms with van der Waals surface area (Å²) in [6.07, 6.45) is 11.1. The van der Waals surface area contributed by atoms with Crippen molar-refractivity contribution in [3.05, 3.63) is 60.2 Å². The summed E-state index contributed by atoms with van der Waals surface area (Å²) < 4.78 is 44.2. The van der Waals surface area contributed by atoms with Crippen molar-refractivity contribution in [2.45, 2.75) is 119 Å². The number of quaternary nitrogens is 1. The standard InChI is InChI=1S/C37H55BN4O12P2/c1-27(2)20-29(22-32(43)30(21-28-10-4-3-5-11-28)41-35(45)31-24-39-16-17-40-31)38-42(36(25-53-38)12-6-7-13-36,37(26-54-38)14-8-9-15-37)18-19-52-33(44)23-34(55(46,47)48)56(49,50)51/h3-5,10-11,16-17,24,27,29-30,34H,6-9,12-15,18-23,25-26H2,1-2H3,(H,41,45)(H2,46,47,48)(H2,49,50,51)/t29-,30+,38?,42?/m1/s1. The molecule has 2 aliphatic heterocycles. The van der Waals surface area contributed by atoms with Crippen molar-refractivity contribution in [3.63, 3.8) is 0 Å². The highest BCUT2D eigenvalue weighted by Gasteiger charge is 2.79. The normalized spacial score (nSPS) is 25.1. The molecule has 3 heterocycles. The number of nitrogens with zero attached hydrogens (tertiary/aromatic N) is 3. The molecule has 2 aromatic rings. The van der Waals surface area contributed by atoms with Crippen LogP contribution in [0.3, 0.4) is 0 Å². The molecule has 1 aromatic heterocycles. The first-order valence-electron chi connectivity index (χ1n) is 19.7. The first kappa shape index (κ1) is 42.8. The lowest BCUT2D eigenvalue weighted by atomic mass is 9.49. The van der Waals surface area contributed by atoms with Gasteiger partial charge in [0.05, 0.1) is 49.5 Å². The Labute approximate surface area is 327 Å². The van der Waals surface area contributed by atoms with Crippen LogP contribution in [0.15, 0.2) is 48.9 Å². The maximum Gasteiger partial charge on any atom is 0.477 e. The second kappa shape index (κ2) is 16.8. The van der Waals surface area contributed by atoms with E-state index in [9.17, 15) is 43.1 Å². The number of Topliss-reactive ketones (excluding diaryl/α,β-unsaturated/α-hetero) is 1. The maximum atomic E-state index is 14.8. The summed E-state index contributed by atoms with van der Waals surface area (Å²) in [4.78, 5) is 88.1. The lowest BCUT2D eigenvalue weighted by Crippen LogP contribution is -2.79. The van der Waals surface area contributed by atoms with Crippen LogP contribution in [0.25, 0.3) is 0 Å². The Morgan fingerprint density at radius 1 is 0.911 bits per heavy atom. The van der Waals surface area contributed by atoms with E-state index in [1.54, 1.807) is 0 Å². The van der Waals surface area contributed by atoms with Crippen molar-refractivity contribution in [2.75, 3.05) is 26.4 Å². The molecule has 2 saturated carbocycles. The topological polar surface area (TPSA) is 232 Å². The van der Waals surface area contributed by atoms with Gasteiger partial charge < -0.3 is 43.3 Å². The van der Waals surface area contributed by atoms with Crippen molar-refractivity contribution in [3.8, 4) is 0 Å². The number of carbonyl (C=O) groups is 3. The summed E-state index contributed by atoms with van der Waals surface area (Å²) in [5.41, 5.74) is 0.137. The zero-order valence-electron chi connectivity index (χ0n) is 32.1. The zero-order valence-corrected chi connectivity index (χ0v) is 33.9. The number of carbonyl (C=O) groups excluding carboxylic acids is 3. The van der Waals surface area contributed by atoms with E-state index in [2.05, 4.69) is 29.1 Å². The molecule has 2 spiro atoms. The van der Waals surface area contributed by atoms with Crippen LogP contribution < -0.4 is 5.32 Å². The van der Waals surface area contributed by atoms with Crippen LogP contribution in [0.2, 0.25) is 5.82 Å². The minimum Gasteiger partial charge on any atom is -0.509 e. The molecule has 1 aromatic carbocycles. The van der Waals surface area contributed by atoms with Gasteiger partial charge in [0.1, 0.15) is 12.3 Å². The van der Waals surface area contributed by atoms with Crippen LogP contribution in [0.5, 0.6) is 0 Å². The number of nitrogens with one attached hydrogen (secondary N) is 1. The third-order valence-corrected chi connectivity index (χ3v) is 16.7. The first-order valence-corrected chi connectivity index (χ1v) is 23.0. The summed E-state index contributed by atoms with van der Waals surface area (Å²) >= 11 is 0.